The first kappa shape index (κ1) is 22.4. The van der Waals surface area contributed by atoms with Crippen LogP contribution in [0.2, 0.25) is 5.02 Å². The van der Waals surface area contributed by atoms with Crippen LogP contribution in [0.5, 0.6) is 5.75 Å². The number of aromatic hydroxyl groups is 1. The Kier molecular flexibility index (Phi) is 11.4. The molecule has 0 aromatic heterocycles. The van der Waals surface area contributed by atoms with Crippen molar-refractivity contribution in [2.24, 2.45) is 0 Å². The van der Waals surface area contributed by atoms with Crippen LogP contribution in [-0.2, 0) is 23.9 Å². The minimum atomic E-state index is -1.02. The Bertz CT molecular complexity index is 549. The minimum absolute atomic E-state index is 0.108. The number of aliphatic carboxylic acids is 2. The third-order valence-electron chi connectivity index (χ3n) is 2.62. The number of benzene rings is 1. The first-order chi connectivity index (χ1) is 11.7. The van der Waals surface area contributed by atoms with Gasteiger partial charge in [0.2, 0.25) is 0 Å². The smallest absolute Gasteiger partial charge is 0.313 e. The van der Waals surface area contributed by atoms with E-state index in [2.05, 4.69) is 4.74 Å². The van der Waals surface area contributed by atoms with Crippen molar-refractivity contribution >= 4 is 35.5 Å². The number of carbonyl (C=O) groups excluding carboxylic acids is 2. The second kappa shape index (κ2) is 12.8. The van der Waals surface area contributed by atoms with Crippen LogP contribution in [-0.4, -0.2) is 39.2 Å². The molecule has 0 saturated heterocycles. The van der Waals surface area contributed by atoms with Crippen molar-refractivity contribution in [3.8, 4) is 5.75 Å². The summed E-state index contributed by atoms with van der Waals surface area (Å²) in [6, 6.07) is 6.67. The first-order valence-corrected chi connectivity index (χ1v) is 7.70. The van der Waals surface area contributed by atoms with Crippen molar-refractivity contribution in [3.63, 3.8) is 0 Å². The molecule has 25 heavy (non-hydrogen) atoms. The van der Waals surface area contributed by atoms with E-state index in [1.54, 1.807) is 24.3 Å². The number of rotatable bonds is 8. The summed E-state index contributed by atoms with van der Waals surface area (Å²) in [5, 5.41) is 25.8. The molecule has 1 rings (SSSR count). The average molecular weight is 375 g/mol. The van der Waals surface area contributed by atoms with Crippen molar-refractivity contribution in [2.45, 2.75) is 38.5 Å². The van der Waals surface area contributed by atoms with E-state index in [4.69, 9.17) is 26.9 Å². The second-order valence-electron chi connectivity index (χ2n) is 4.79. The Morgan fingerprint density at radius 1 is 0.840 bits per heavy atom. The van der Waals surface area contributed by atoms with Gasteiger partial charge in [0.05, 0.1) is 5.02 Å². The highest BCUT2D eigenvalue weighted by atomic mass is 35.5. The van der Waals surface area contributed by atoms with Crippen LogP contribution < -0.4 is 0 Å². The normalized spacial score (nSPS) is 9.48. The van der Waals surface area contributed by atoms with Gasteiger partial charge in [-0.3, -0.25) is 19.2 Å². The molecule has 0 radical (unpaired) electrons. The lowest BCUT2D eigenvalue weighted by Gasteiger charge is -2.01. The van der Waals surface area contributed by atoms with E-state index in [0.717, 1.165) is 0 Å². The molecule has 1 aromatic carbocycles. The molecule has 0 aliphatic carbocycles. The highest BCUT2D eigenvalue weighted by Gasteiger charge is 2.11. The standard InChI is InChI=1S/C10H14O7.C6H5ClO/c11-7(12)3-1-5-9(15)17-10(16)6-2-4-8(13)14;7-5-3-1-2-4-6(5)8/h1-6H2,(H,11,12)(H,13,14);1-4,8H. The number of phenols is 1. The maximum Gasteiger partial charge on any atom is 0.313 e. The molecule has 8 nitrogen and oxygen atoms in total. The lowest BCUT2D eigenvalue weighted by molar-refractivity contribution is -0.159. The fourth-order valence-electron chi connectivity index (χ4n) is 1.45. The zero-order chi connectivity index (χ0) is 19.2. The molecule has 0 bridgehead atoms. The van der Waals surface area contributed by atoms with Crippen LogP contribution in [0.25, 0.3) is 0 Å². The van der Waals surface area contributed by atoms with Gasteiger partial charge in [-0.1, -0.05) is 23.7 Å². The Labute approximate surface area is 149 Å². The summed E-state index contributed by atoms with van der Waals surface area (Å²) in [4.78, 5) is 42.2. The number of phenolic OH excluding ortho intramolecular Hbond substituents is 1. The molecule has 0 spiro atoms. The summed E-state index contributed by atoms with van der Waals surface area (Å²) < 4.78 is 4.35. The number of halogens is 1. The summed E-state index contributed by atoms with van der Waals surface area (Å²) in [7, 11) is 0. The molecule has 0 amide bonds. The predicted molar refractivity (Wildman–Crippen MR) is 87.2 cm³/mol. The molecule has 0 unspecified atom stereocenters. The van der Waals surface area contributed by atoms with Gasteiger partial charge < -0.3 is 20.1 Å². The molecule has 0 atom stereocenters. The number of hydrogen-bond acceptors (Lipinski definition) is 6. The third-order valence-corrected chi connectivity index (χ3v) is 2.94. The van der Waals surface area contributed by atoms with Gasteiger partial charge in [-0.15, -0.1) is 0 Å². The summed E-state index contributed by atoms with van der Waals surface area (Å²) in [5.74, 6) is -3.48. The van der Waals surface area contributed by atoms with Crippen LogP contribution >= 0.6 is 11.6 Å². The fourth-order valence-corrected chi connectivity index (χ4v) is 1.58. The number of carboxylic acid groups (broad SMARTS) is 2. The maximum absolute atomic E-state index is 11.0. The predicted octanol–water partition coefficient (Wildman–Crippen LogP) is 2.61. The van der Waals surface area contributed by atoms with E-state index in [1.165, 1.54) is 0 Å². The van der Waals surface area contributed by atoms with Crippen molar-refractivity contribution in [1.82, 2.24) is 0 Å². The van der Waals surface area contributed by atoms with Gasteiger partial charge in [0.1, 0.15) is 5.75 Å². The van der Waals surface area contributed by atoms with E-state index in [-0.39, 0.29) is 44.3 Å². The molecule has 0 fully saturated rings. The Balaban J connectivity index is 0.000000593. The molecular weight excluding hydrogens is 356 g/mol. The highest BCUT2D eigenvalue weighted by Crippen LogP contribution is 2.20. The van der Waals surface area contributed by atoms with Crippen LogP contribution in [0, 0.1) is 0 Å². The maximum atomic E-state index is 11.0. The highest BCUT2D eigenvalue weighted by molar-refractivity contribution is 6.31. The van der Waals surface area contributed by atoms with Gasteiger partial charge in [0.15, 0.2) is 0 Å². The van der Waals surface area contributed by atoms with Crippen LogP contribution in [0.15, 0.2) is 24.3 Å². The molecule has 138 valence electrons. The summed E-state index contributed by atoms with van der Waals surface area (Å²) in [6.45, 7) is 0. The molecule has 0 heterocycles. The van der Waals surface area contributed by atoms with Gasteiger partial charge in [-0.05, 0) is 25.0 Å². The van der Waals surface area contributed by atoms with Crippen LogP contribution in [0.4, 0.5) is 0 Å². The molecule has 0 aliphatic heterocycles. The zero-order valence-electron chi connectivity index (χ0n) is 13.3. The van der Waals surface area contributed by atoms with Crippen molar-refractivity contribution in [2.75, 3.05) is 0 Å². The number of carbonyl (C=O) groups is 4. The molecule has 3 N–H and O–H groups in total. The second-order valence-corrected chi connectivity index (χ2v) is 5.20. The molecule has 9 heteroatoms. The Morgan fingerprint density at radius 2 is 1.28 bits per heavy atom. The topological polar surface area (TPSA) is 138 Å². The van der Waals surface area contributed by atoms with E-state index >= 15 is 0 Å². The van der Waals surface area contributed by atoms with Crippen molar-refractivity contribution in [3.05, 3.63) is 29.3 Å². The number of esters is 2. The summed E-state index contributed by atoms with van der Waals surface area (Å²) >= 11 is 5.46. The number of ether oxygens (including phenoxy) is 1. The Morgan fingerprint density at radius 3 is 1.60 bits per heavy atom. The summed E-state index contributed by atoms with van der Waals surface area (Å²) in [5.41, 5.74) is 0. The number of para-hydroxylation sites is 1. The van der Waals surface area contributed by atoms with E-state index in [0.29, 0.717) is 5.02 Å². The third kappa shape index (κ3) is 13.5. The molecule has 0 saturated carbocycles. The van der Waals surface area contributed by atoms with Gasteiger partial charge in [0.25, 0.3) is 0 Å². The van der Waals surface area contributed by atoms with Gasteiger partial charge in [0, 0.05) is 25.7 Å². The van der Waals surface area contributed by atoms with Gasteiger partial charge >= 0.3 is 23.9 Å². The molecule has 1 aromatic rings. The van der Waals surface area contributed by atoms with Crippen molar-refractivity contribution < 1.29 is 39.2 Å². The van der Waals surface area contributed by atoms with Crippen molar-refractivity contribution in [1.29, 1.82) is 0 Å². The quantitative estimate of drug-likeness (QED) is 0.466. The van der Waals surface area contributed by atoms with Crippen LogP contribution in [0.1, 0.15) is 38.5 Å². The minimum Gasteiger partial charge on any atom is -0.506 e. The van der Waals surface area contributed by atoms with Gasteiger partial charge in [-0.2, -0.15) is 0 Å². The largest absolute Gasteiger partial charge is 0.506 e. The number of carboxylic acids is 2. The first-order valence-electron chi connectivity index (χ1n) is 7.33. The van der Waals surface area contributed by atoms with E-state index in [9.17, 15) is 19.2 Å². The van der Waals surface area contributed by atoms with E-state index in [1.807, 2.05) is 0 Å². The fraction of sp³-hybridized carbons (Fsp3) is 0.375. The zero-order valence-corrected chi connectivity index (χ0v) is 14.1. The average Bonchev–Trinajstić information content (AvgIpc) is 2.50. The lowest BCUT2D eigenvalue weighted by Crippen LogP contribution is -2.12. The SMILES string of the molecule is O=C(O)CCCC(=O)OC(=O)CCCC(=O)O.Oc1ccccc1Cl. The van der Waals surface area contributed by atoms with Gasteiger partial charge in [-0.25, -0.2) is 0 Å². The Hall–Kier alpha value is -2.61. The number of hydrogen-bond donors (Lipinski definition) is 3. The lowest BCUT2D eigenvalue weighted by atomic mass is 10.2. The summed E-state index contributed by atoms with van der Waals surface area (Å²) in [6.07, 6.45) is -0.397. The van der Waals surface area contributed by atoms with E-state index < -0.39 is 23.9 Å². The molecular formula is C16H19ClO8. The molecule has 0 aliphatic rings. The monoisotopic (exact) mass is 374 g/mol. The van der Waals surface area contributed by atoms with Crippen LogP contribution in [0.3, 0.4) is 0 Å².